The fraction of sp³-hybridized carbons (Fsp3) is 0.467. The van der Waals surface area contributed by atoms with Gasteiger partial charge in [-0.3, -0.25) is 9.59 Å². The van der Waals surface area contributed by atoms with Gasteiger partial charge in [0.25, 0.3) is 0 Å². The molecule has 1 fully saturated rings. The number of nitrogens with zero attached hydrogens (tertiary/aromatic N) is 2. The Kier molecular flexibility index (Phi) is 3.60. The van der Waals surface area contributed by atoms with Gasteiger partial charge in [-0.15, -0.1) is 0 Å². The number of benzene rings is 1. The van der Waals surface area contributed by atoms with Crippen molar-refractivity contribution in [3.63, 3.8) is 0 Å². The molecule has 2 rings (SSSR count). The molecule has 19 heavy (non-hydrogen) atoms. The lowest BCUT2D eigenvalue weighted by molar-refractivity contribution is -0.139. The van der Waals surface area contributed by atoms with Crippen LogP contribution in [0, 0.1) is 13.8 Å². The third-order valence-electron chi connectivity index (χ3n) is 3.72. The van der Waals surface area contributed by atoms with Gasteiger partial charge in [-0.05, 0) is 38.0 Å². The largest absolute Gasteiger partial charge is 0.329 e. The quantitative estimate of drug-likeness (QED) is 0.773. The zero-order valence-electron chi connectivity index (χ0n) is 11.9. The van der Waals surface area contributed by atoms with E-state index >= 15 is 0 Å². The smallest absolute Gasteiger partial charge is 0.249 e. The number of aryl methyl sites for hydroxylation is 2. The predicted octanol–water partition coefficient (Wildman–Crippen LogP) is 1.89. The first-order valence-corrected chi connectivity index (χ1v) is 6.57. The molecule has 4 nitrogen and oxygen atoms in total. The van der Waals surface area contributed by atoms with Gasteiger partial charge in [0, 0.05) is 25.7 Å². The maximum Gasteiger partial charge on any atom is 0.249 e. The molecule has 4 heteroatoms. The molecule has 1 heterocycles. The number of hydrogen-bond acceptors (Lipinski definition) is 2. The molecule has 1 aromatic rings. The minimum atomic E-state index is -0.383. The molecule has 102 valence electrons. The topological polar surface area (TPSA) is 40.6 Å². The van der Waals surface area contributed by atoms with Crippen molar-refractivity contribution in [1.82, 2.24) is 4.90 Å². The van der Waals surface area contributed by atoms with Crippen LogP contribution in [0.25, 0.3) is 0 Å². The minimum Gasteiger partial charge on any atom is -0.329 e. The third kappa shape index (κ3) is 2.48. The first-order valence-electron chi connectivity index (χ1n) is 6.57. The Bertz CT molecular complexity index is 525. The van der Waals surface area contributed by atoms with Crippen molar-refractivity contribution in [2.24, 2.45) is 0 Å². The molecule has 1 saturated heterocycles. The van der Waals surface area contributed by atoms with Gasteiger partial charge in [0.15, 0.2) is 0 Å². The van der Waals surface area contributed by atoms with Crippen LogP contribution in [-0.4, -0.2) is 35.8 Å². The van der Waals surface area contributed by atoms with Gasteiger partial charge in [0.2, 0.25) is 11.8 Å². The van der Waals surface area contributed by atoms with E-state index in [4.69, 9.17) is 0 Å². The van der Waals surface area contributed by atoms with Crippen molar-refractivity contribution in [2.75, 3.05) is 18.0 Å². The Morgan fingerprint density at radius 1 is 1.26 bits per heavy atom. The van der Waals surface area contributed by atoms with Crippen LogP contribution in [-0.2, 0) is 9.59 Å². The van der Waals surface area contributed by atoms with E-state index in [1.165, 1.54) is 6.92 Å². The van der Waals surface area contributed by atoms with Crippen molar-refractivity contribution in [3.05, 3.63) is 29.3 Å². The molecule has 2 amide bonds. The lowest BCUT2D eigenvalue weighted by Crippen LogP contribution is -2.57. The normalized spacial score (nSPS) is 19.8. The Morgan fingerprint density at radius 2 is 1.95 bits per heavy atom. The third-order valence-corrected chi connectivity index (χ3v) is 3.72. The second-order valence-electron chi connectivity index (χ2n) is 5.17. The summed E-state index contributed by atoms with van der Waals surface area (Å²) in [7, 11) is 0. The molecule has 0 radical (unpaired) electrons. The highest BCUT2D eigenvalue weighted by molar-refractivity contribution is 6.00. The van der Waals surface area contributed by atoms with Gasteiger partial charge in [-0.2, -0.15) is 0 Å². The van der Waals surface area contributed by atoms with Gasteiger partial charge in [0.1, 0.15) is 6.04 Å². The first kappa shape index (κ1) is 13.6. The summed E-state index contributed by atoms with van der Waals surface area (Å²) in [5.41, 5.74) is 3.18. The Labute approximate surface area is 114 Å². The number of rotatable bonds is 1. The van der Waals surface area contributed by atoms with Gasteiger partial charge in [-0.25, -0.2) is 0 Å². The average Bonchev–Trinajstić information content (AvgIpc) is 2.35. The van der Waals surface area contributed by atoms with Crippen LogP contribution in [0.4, 0.5) is 5.69 Å². The molecule has 1 aliphatic heterocycles. The van der Waals surface area contributed by atoms with Crippen molar-refractivity contribution in [1.29, 1.82) is 0 Å². The second-order valence-corrected chi connectivity index (χ2v) is 5.17. The molecule has 0 aliphatic carbocycles. The molecule has 0 N–H and O–H groups in total. The Balaban J connectivity index is 2.30. The fourth-order valence-corrected chi connectivity index (χ4v) is 2.55. The van der Waals surface area contributed by atoms with Crippen LogP contribution in [0.3, 0.4) is 0 Å². The number of carbonyl (C=O) groups is 2. The maximum absolute atomic E-state index is 12.4. The summed E-state index contributed by atoms with van der Waals surface area (Å²) in [6, 6.07) is 5.72. The van der Waals surface area contributed by atoms with Crippen molar-refractivity contribution < 1.29 is 9.59 Å². The predicted molar refractivity (Wildman–Crippen MR) is 75.1 cm³/mol. The Hall–Kier alpha value is -1.84. The van der Waals surface area contributed by atoms with Crippen LogP contribution in [0.15, 0.2) is 18.2 Å². The van der Waals surface area contributed by atoms with E-state index in [0.29, 0.717) is 13.1 Å². The second kappa shape index (κ2) is 5.03. The number of hydrogen-bond donors (Lipinski definition) is 0. The zero-order chi connectivity index (χ0) is 14.2. The molecule has 0 aromatic heterocycles. The van der Waals surface area contributed by atoms with Gasteiger partial charge >= 0.3 is 0 Å². The van der Waals surface area contributed by atoms with Gasteiger partial charge in [-0.1, -0.05) is 12.1 Å². The number of amides is 2. The van der Waals surface area contributed by atoms with Crippen LogP contribution < -0.4 is 4.90 Å². The van der Waals surface area contributed by atoms with Crippen molar-refractivity contribution in [2.45, 2.75) is 33.7 Å². The summed E-state index contributed by atoms with van der Waals surface area (Å²) >= 11 is 0. The van der Waals surface area contributed by atoms with Crippen molar-refractivity contribution >= 4 is 17.5 Å². The van der Waals surface area contributed by atoms with E-state index in [1.807, 2.05) is 32.0 Å². The molecule has 1 aromatic carbocycles. The summed E-state index contributed by atoms with van der Waals surface area (Å²) < 4.78 is 0. The van der Waals surface area contributed by atoms with Gasteiger partial charge in [0.05, 0.1) is 0 Å². The summed E-state index contributed by atoms with van der Waals surface area (Å²) in [5.74, 6) is -0.0448. The summed E-state index contributed by atoms with van der Waals surface area (Å²) in [6.45, 7) is 8.48. The SMILES string of the molecule is CC(=O)N1CCN(c2cc(C)ccc2C)C(=O)[C@@H]1C. The van der Waals surface area contributed by atoms with E-state index < -0.39 is 0 Å². The summed E-state index contributed by atoms with van der Waals surface area (Å²) in [4.78, 5) is 27.3. The molecule has 0 unspecified atom stereocenters. The lowest BCUT2D eigenvalue weighted by Gasteiger charge is -2.39. The van der Waals surface area contributed by atoms with Crippen LogP contribution >= 0.6 is 0 Å². The molecule has 1 aliphatic rings. The number of carbonyl (C=O) groups excluding carboxylic acids is 2. The molecular weight excluding hydrogens is 240 g/mol. The number of piperazine rings is 1. The summed E-state index contributed by atoms with van der Waals surface area (Å²) in [5, 5.41) is 0. The van der Waals surface area contributed by atoms with E-state index in [0.717, 1.165) is 16.8 Å². The fourth-order valence-electron chi connectivity index (χ4n) is 2.55. The van der Waals surface area contributed by atoms with E-state index in [1.54, 1.807) is 16.7 Å². The first-order chi connectivity index (χ1) is 8.91. The molecule has 0 spiro atoms. The highest BCUT2D eigenvalue weighted by Gasteiger charge is 2.33. The van der Waals surface area contributed by atoms with Crippen LogP contribution in [0.2, 0.25) is 0 Å². The van der Waals surface area contributed by atoms with Gasteiger partial charge < -0.3 is 9.80 Å². The monoisotopic (exact) mass is 260 g/mol. The summed E-state index contributed by atoms with van der Waals surface area (Å²) in [6.07, 6.45) is 0. The van der Waals surface area contributed by atoms with Crippen molar-refractivity contribution in [3.8, 4) is 0 Å². The zero-order valence-corrected chi connectivity index (χ0v) is 11.9. The highest BCUT2D eigenvalue weighted by atomic mass is 16.2. The maximum atomic E-state index is 12.4. The lowest BCUT2D eigenvalue weighted by atomic mass is 10.1. The van der Waals surface area contributed by atoms with E-state index in [2.05, 4.69) is 0 Å². The van der Waals surface area contributed by atoms with E-state index in [9.17, 15) is 9.59 Å². The molecule has 0 saturated carbocycles. The van der Waals surface area contributed by atoms with Crippen LogP contribution in [0.1, 0.15) is 25.0 Å². The van der Waals surface area contributed by atoms with E-state index in [-0.39, 0.29) is 17.9 Å². The molecular formula is C15H20N2O2. The highest BCUT2D eigenvalue weighted by Crippen LogP contribution is 2.25. The number of anilines is 1. The minimum absolute atomic E-state index is 0.00449. The molecule has 0 bridgehead atoms. The Morgan fingerprint density at radius 3 is 2.58 bits per heavy atom. The van der Waals surface area contributed by atoms with Crippen LogP contribution in [0.5, 0.6) is 0 Å². The standard InChI is InChI=1S/C15H20N2O2/c1-10-5-6-11(2)14(9-10)17-8-7-16(13(4)18)12(3)15(17)19/h5-6,9,12H,7-8H2,1-4H3/t12-/m0/s1. The molecule has 1 atom stereocenters. The average molecular weight is 260 g/mol.